The summed E-state index contributed by atoms with van der Waals surface area (Å²) in [5, 5.41) is 18.1. The first-order valence-electron chi connectivity index (χ1n) is 9.78. The van der Waals surface area contributed by atoms with Gasteiger partial charge in [0.2, 0.25) is 0 Å². The number of nitrogens with zero attached hydrogens (tertiary/aromatic N) is 1. The Hall–Kier alpha value is -2.42. The van der Waals surface area contributed by atoms with Crippen molar-refractivity contribution >= 4 is 37.2 Å². The minimum Gasteiger partial charge on any atom is -0.386 e. The van der Waals surface area contributed by atoms with Crippen LogP contribution in [0.4, 0.5) is 0 Å². The summed E-state index contributed by atoms with van der Waals surface area (Å²) in [6.45, 7) is 3.50. The topological polar surface area (TPSA) is 90.8 Å². The van der Waals surface area contributed by atoms with Gasteiger partial charge in [-0.1, -0.05) is 42.5 Å². The standard InChI is InChI=1S/C22H27N3O3S2/c1-3-23-22(24-13-16-8-10-17(11-9-16)15-30(2,27)28)25-14-19(26)21-12-18-6-4-5-7-20(18)29-21/h4-12,19,26H,3,13-15H2,1-2H3,(H2,23,24,25). The lowest BCUT2D eigenvalue weighted by Gasteiger charge is -2.14. The highest BCUT2D eigenvalue weighted by Crippen LogP contribution is 2.29. The van der Waals surface area contributed by atoms with Crippen molar-refractivity contribution in [3.8, 4) is 0 Å². The molecule has 0 aliphatic heterocycles. The summed E-state index contributed by atoms with van der Waals surface area (Å²) in [6, 6.07) is 17.5. The van der Waals surface area contributed by atoms with Crippen LogP contribution in [-0.2, 0) is 22.1 Å². The third-order valence-corrected chi connectivity index (χ3v) is 6.53. The number of guanidine groups is 1. The van der Waals surface area contributed by atoms with E-state index in [0.29, 0.717) is 25.6 Å². The van der Waals surface area contributed by atoms with Gasteiger partial charge in [-0.2, -0.15) is 0 Å². The van der Waals surface area contributed by atoms with Gasteiger partial charge in [0.05, 0.1) is 12.3 Å². The molecule has 0 saturated heterocycles. The van der Waals surface area contributed by atoms with Crippen molar-refractivity contribution in [3.05, 3.63) is 70.6 Å². The van der Waals surface area contributed by atoms with Crippen LogP contribution in [0.2, 0.25) is 0 Å². The minimum atomic E-state index is -3.04. The molecule has 3 N–H and O–H groups in total. The molecule has 0 aliphatic carbocycles. The number of thiophene rings is 1. The van der Waals surface area contributed by atoms with Crippen LogP contribution in [0.15, 0.2) is 59.6 Å². The molecule has 2 aromatic carbocycles. The summed E-state index contributed by atoms with van der Waals surface area (Å²) in [5.41, 5.74) is 1.75. The van der Waals surface area contributed by atoms with Gasteiger partial charge in [0, 0.05) is 28.9 Å². The Balaban J connectivity index is 1.60. The van der Waals surface area contributed by atoms with Gasteiger partial charge < -0.3 is 15.7 Å². The van der Waals surface area contributed by atoms with Gasteiger partial charge in [-0.15, -0.1) is 11.3 Å². The first-order chi connectivity index (χ1) is 14.3. The molecule has 160 valence electrons. The maximum atomic E-state index is 11.4. The number of hydrogen-bond acceptors (Lipinski definition) is 5. The second-order valence-electron chi connectivity index (χ2n) is 7.17. The van der Waals surface area contributed by atoms with Gasteiger partial charge in [-0.3, -0.25) is 0 Å². The second kappa shape index (κ2) is 10.1. The number of aliphatic imine (C=N–C) groups is 1. The Labute approximate surface area is 181 Å². The molecule has 0 saturated carbocycles. The summed E-state index contributed by atoms with van der Waals surface area (Å²) >= 11 is 1.59. The minimum absolute atomic E-state index is 0.0381. The van der Waals surface area contributed by atoms with E-state index in [0.717, 1.165) is 26.1 Å². The average molecular weight is 446 g/mol. The van der Waals surface area contributed by atoms with Crippen LogP contribution in [0.5, 0.6) is 0 Å². The molecule has 0 aliphatic rings. The number of sulfone groups is 1. The first-order valence-corrected chi connectivity index (χ1v) is 12.7. The van der Waals surface area contributed by atoms with E-state index in [1.807, 2.05) is 55.5 Å². The van der Waals surface area contributed by atoms with Crippen molar-refractivity contribution < 1.29 is 13.5 Å². The molecule has 30 heavy (non-hydrogen) atoms. The lowest BCUT2D eigenvalue weighted by molar-refractivity contribution is 0.184. The van der Waals surface area contributed by atoms with Crippen LogP contribution in [0.3, 0.4) is 0 Å². The van der Waals surface area contributed by atoms with Crippen LogP contribution in [-0.4, -0.2) is 38.8 Å². The molecule has 1 aromatic heterocycles. The number of fused-ring (bicyclic) bond motifs is 1. The Morgan fingerprint density at radius 3 is 2.47 bits per heavy atom. The predicted octanol–water partition coefficient (Wildman–Crippen LogP) is 3.23. The highest BCUT2D eigenvalue weighted by atomic mass is 32.2. The maximum Gasteiger partial charge on any atom is 0.191 e. The molecular weight excluding hydrogens is 418 g/mol. The Morgan fingerprint density at radius 2 is 1.80 bits per heavy atom. The van der Waals surface area contributed by atoms with E-state index in [4.69, 9.17) is 0 Å². The van der Waals surface area contributed by atoms with Gasteiger partial charge >= 0.3 is 0 Å². The van der Waals surface area contributed by atoms with E-state index >= 15 is 0 Å². The molecule has 8 heteroatoms. The maximum absolute atomic E-state index is 11.4. The Bertz CT molecular complexity index is 1070. The SMILES string of the molecule is CCNC(=NCc1ccc(CS(C)(=O)=O)cc1)NCC(O)c1cc2ccccc2s1. The Morgan fingerprint density at radius 1 is 1.10 bits per heavy atom. The zero-order valence-corrected chi connectivity index (χ0v) is 18.8. The highest BCUT2D eigenvalue weighted by molar-refractivity contribution is 7.89. The molecule has 1 atom stereocenters. The molecule has 0 amide bonds. The molecule has 3 rings (SSSR count). The molecular formula is C22H27N3O3S2. The van der Waals surface area contributed by atoms with E-state index < -0.39 is 15.9 Å². The van der Waals surface area contributed by atoms with Gasteiger partial charge in [0.1, 0.15) is 6.10 Å². The van der Waals surface area contributed by atoms with Gasteiger partial charge in [-0.05, 0) is 35.6 Å². The van der Waals surface area contributed by atoms with Crippen molar-refractivity contribution in [1.82, 2.24) is 10.6 Å². The van der Waals surface area contributed by atoms with E-state index in [1.54, 1.807) is 11.3 Å². The van der Waals surface area contributed by atoms with Gasteiger partial charge in [-0.25, -0.2) is 13.4 Å². The zero-order valence-electron chi connectivity index (χ0n) is 17.1. The molecule has 6 nitrogen and oxygen atoms in total. The predicted molar refractivity (Wildman–Crippen MR) is 125 cm³/mol. The van der Waals surface area contributed by atoms with Crippen molar-refractivity contribution in [2.45, 2.75) is 25.3 Å². The van der Waals surface area contributed by atoms with Crippen LogP contribution < -0.4 is 10.6 Å². The van der Waals surface area contributed by atoms with E-state index in [9.17, 15) is 13.5 Å². The van der Waals surface area contributed by atoms with Crippen LogP contribution >= 0.6 is 11.3 Å². The fourth-order valence-corrected chi connectivity index (χ4v) is 4.86. The molecule has 0 bridgehead atoms. The summed E-state index contributed by atoms with van der Waals surface area (Å²) in [6.07, 6.45) is 0.605. The number of hydrogen-bond donors (Lipinski definition) is 3. The first kappa shape index (κ1) is 22.3. The fourth-order valence-electron chi connectivity index (χ4n) is 3.02. The van der Waals surface area contributed by atoms with Crippen LogP contribution in [0, 0.1) is 0 Å². The van der Waals surface area contributed by atoms with E-state index in [-0.39, 0.29) is 5.75 Å². The highest BCUT2D eigenvalue weighted by Gasteiger charge is 2.12. The van der Waals surface area contributed by atoms with Crippen LogP contribution in [0.25, 0.3) is 10.1 Å². The van der Waals surface area contributed by atoms with Gasteiger partial charge in [0.15, 0.2) is 15.8 Å². The number of aliphatic hydroxyl groups is 1. The molecule has 3 aromatic rings. The quantitative estimate of drug-likeness (QED) is 0.366. The number of nitrogens with one attached hydrogen (secondary N) is 2. The zero-order chi connectivity index (χ0) is 21.6. The lowest BCUT2D eigenvalue weighted by atomic mass is 10.1. The van der Waals surface area contributed by atoms with Crippen LogP contribution in [0.1, 0.15) is 29.0 Å². The normalized spacial score (nSPS) is 13.4. The van der Waals surface area contributed by atoms with Crippen molar-refractivity contribution in [3.63, 3.8) is 0 Å². The molecule has 0 spiro atoms. The summed E-state index contributed by atoms with van der Waals surface area (Å²) < 4.78 is 23.9. The number of aliphatic hydroxyl groups excluding tert-OH is 1. The summed E-state index contributed by atoms with van der Waals surface area (Å²) in [5.74, 6) is 0.661. The molecule has 0 fully saturated rings. The number of benzene rings is 2. The Kier molecular flexibility index (Phi) is 7.47. The lowest BCUT2D eigenvalue weighted by Crippen LogP contribution is -2.39. The smallest absolute Gasteiger partial charge is 0.191 e. The summed E-state index contributed by atoms with van der Waals surface area (Å²) in [4.78, 5) is 5.48. The second-order valence-corrected chi connectivity index (χ2v) is 10.4. The van der Waals surface area contributed by atoms with Crippen molar-refractivity contribution in [1.29, 1.82) is 0 Å². The van der Waals surface area contributed by atoms with Crippen molar-refractivity contribution in [2.75, 3.05) is 19.3 Å². The molecule has 1 heterocycles. The summed E-state index contributed by atoms with van der Waals surface area (Å²) in [7, 11) is -3.04. The fraction of sp³-hybridized carbons (Fsp3) is 0.318. The largest absolute Gasteiger partial charge is 0.386 e. The monoisotopic (exact) mass is 445 g/mol. The van der Waals surface area contributed by atoms with Crippen molar-refractivity contribution in [2.24, 2.45) is 4.99 Å². The third-order valence-electron chi connectivity index (χ3n) is 4.45. The number of rotatable bonds is 8. The van der Waals surface area contributed by atoms with E-state index in [1.165, 1.54) is 6.26 Å². The average Bonchev–Trinajstić information content (AvgIpc) is 3.14. The van der Waals surface area contributed by atoms with E-state index in [2.05, 4.69) is 21.7 Å². The molecule has 1 unspecified atom stereocenters. The molecule has 0 radical (unpaired) electrons. The third kappa shape index (κ3) is 6.55. The van der Waals surface area contributed by atoms with Gasteiger partial charge in [0.25, 0.3) is 0 Å².